The van der Waals surface area contributed by atoms with Crippen LogP contribution in [0.3, 0.4) is 0 Å². The van der Waals surface area contributed by atoms with Gasteiger partial charge in [-0.1, -0.05) is 6.42 Å². The van der Waals surface area contributed by atoms with Crippen molar-refractivity contribution >= 4 is 11.7 Å². The number of nitrogens with zero attached hydrogens (tertiary/aromatic N) is 4. The quantitative estimate of drug-likeness (QED) is 0.854. The largest absolute Gasteiger partial charge is 0.356 e. The van der Waals surface area contributed by atoms with Crippen molar-refractivity contribution in [3.05, 3.63) is 18.1 Å². The highest BCUT2D eigenvalue weighted by molar-refractivity contribution is 5.79. The van der Waals surface area contributed by atoms with Gasteiger partial charge in [-0.2, -0.15) is 0 Å². The Hall–Kier alpha value is -1.65. The number of anilines is 1. The fourth-order valence-corrected chi connectivity index (χ4v) is 3.21. The molecule has 5 heteroatoms. The van der Waals surface area contributed by atoms with Crippen LogP contribution in [0.25, 0.3) is 0 Å². The van der Waals surface area contributed by atoms with Crippen LogP contribution in [-0.2, 0) is 4.79 Å². The van der Waals surface area contributed by atoms with Gasteiger partial charge in [0.25, 0.3) is 0 Å². The Labute approximate surface area is 126 Å². The van der Waals surface area contributed by atoms with E-state index in [1.165, 1.54) is 6.42 Å². The molecule has 1 aromatic heterocycles. The maximum atomic E-state index is 12.3. The smallest absolute Gasteiger partial charge is 0.225 e. The number of hydrogen-bond acceptors (Lipinski definition) is 4. The number of carbonyl (C=O) groups excluding carboxylic acids is 1. The normalized spacial score (nSPS) is 20.2. The SMILES string of the molecule is Cc1cc(N(C)C2CCN(C(=O)C3CCC3)CC2)ncn1. The average molecular weight is 288 g/mol. The molecule has 0 N–H and O–H groups in total. The molecule has 1 aromatic rings. The molecule has 1 saturated heterocycles. The molecule has 1 amide bonds. The molecule has 1 saturated carbocycles. The van der Waals surface area contributed by atoms with E-state index in [-0.39, 0.29) is 0 Å². The summed E-state index contributed by atoms with van der Waals surface area (Å²) in [4.78, 5) is 25.1. The van der Waals surface area contributed by atoms with Gasteiger partial charge in [0.15, 0.2) is 0 Å². The van der Waals surface area contributed by atoms with E-state index in [4.69, 9.17) is 0 Å². The number of hydrogen-bond donors (Lipinski definition) is 0. The summed E-state index contributed by atoms with van der Waals surface area (Å²) in [5.74, 6) is 1.69. The maximum absolute atomic E-state index is 12.3. The first-order valence-corrected chi connectivity index (χ1v) is 7.95. The first-order chi connectivity index (χ1) is 10.1. The molecule has 0 atom stereocenters. The van der Waals surface area contributed by atoms with Gasteiger partial charge in [0.05, 0.1) is 0 Å². The molecule has 0 aromatic carbocycles. The van der Waals surface area contributed by atoms with Crippen LogP contribution >= 0.6 is 0 Å². The second kappa shape index (κ2) is 6.00. The number of carbonyl (C=O) groups is 1. The van der Waals surface area contributed by atoms with Gasteiger partial charge in [-0.15, -0.1) is 0 Å². The van der Waals surface area contributed by atoms with Gasteiger partial charge in [0, 0.05) is 43.9 Å². The van der Waals surface area contributed by atoms with Crippen molar-refractivity contribution < 1.29 is 4.79 Å². The van der Waals surface area contributed by atoms with Crippen molar-refractivity contribution in [3.8, 4) is 0 Å². The molecule has 2 fully saturated rings. The van der Waals surface area contributed by atoms with E-state index in [9.17, 15) is 4.79 Å². The van der Waals surface area contributed by atoms with E-state index in [0.717, 1.165) is 50.3 Å². The zero-order valence-electron chi connectivity index (χ0n) is 13.0. The van der Waals surface area contributed by atoms with Crippen LogP contribution < -0.4 is 4.90 Å². The molecular formula is C16H24N4O. The Morgan fingerprint density at radius 2 is 1.95 bits per heavy atom. The minimum atomic E-state index is 0.323. The van der Waals surface area contributed by atoms with Crippen LogP contribution in [0.1, 0.15) is 37.8 Å². The van der Waals surface area contributed by atoms with Gasteiger partial charge in [0.1, 0.15) is 12.1 Å². The van der Waals surface area contributed by atoms with Crippen LogP contribution in [0.4, 0.5) is 5.82 Å². The lowest BCUT2D eigenvalue weighted by Gasteiger charge is -2.39. The van der Waals surface area contributed by atoms with Crippen molar-refractivity contribution in [1.82, 2.24) is 14.9 Å². The summed E-state index contributed by atoms with van der Waals surface area (Å²) in [6.45, 7) is 3.75. The summed E-state index contributed by atoms with van der Waals surface area (Å²) in [7, 11) is 2.09. The lowest BCUT2D eigenvalue weighted by Crippen LogP contribution is -2.48. The molecule has 0 bridgehead atoms. The lowest BCUT2D eigenvalue weighted by atomic mass is 9.84. The summed E-state index contributed by atoms with van der Waals surface area (Å²) < 4.78 is 0. The van der Waals surface area contributed by atoms with Gasteiger partial charge < -0.3 is 9.80 Å². The van der Waals surface area contributed by atoms with Crippen LogP contribution in [0.15, 0.2) is 12.4 Å². The van der Waals surface area contributed by atoms with Gasteiger partial charge >= 0.3 is 0 Å². The summed E-state index contributed by atoms with van der Waals surface area (Å²) in [5, 5.41) is 0. The Morgan fingerprint density at radius 1 is 1.24 bits per heavy atom. The third-order valence-electron chi connectivity index (χ3n) is 4.93. The van der Waals surface area contributed by atoms with E-state index in [1.54, 1.807) is 6.33 Å². The number of aromatic nitrogens is 2. The zero-order chi connectivity index (χ0) is 14.8. The Balaban J connectivity index is 1.56. The molecule has 5 nitrogen and oxygen atoms in total. The van der Waals surface area contributed by atoms with Gasteiger partial charge in [0.2, 0.25) is 5.91 Å². The molecule has 1 aliphatic carbocycles. The maximum Gasteiger partial charge on any atom is 0.225 e. The van der Waals surface area contributed by atoms with Gasteiger partial charge in [-0.3, -0.25) is 4.79 Å². The molecule has 2 aliphatic rings. The van der Waals surface area contributed by atoms with Crippen molar-refractivity contribution in [2.24, 2.45) is 5.92 Å². The summed E-state index contributed by atoms with van der Waals surface area (Å²) >= 11 is 0. The average Bonchev–Trinajstić information content (AvgIpc) is 2.45. The van der Waals surface area contributed by atoms with Crippen molar-refractivity contribution in [2.45, 2.75) is 45.1 Å². The molecule has 0 unspecified atom stereocenters. The van der Waals surface area contributed by atoms with E-state index in [1.807, 2.05) is 13.0 Å². The molecule has 0 radical (unpaired) electrons. The topological polar surface area (TPSA) is 49.3 Å². The molecule has 114 valence electrons. The first kappa shape index (κ1) is 14.3. The molecule has 1 aliphatic heterocycles. The molecule has 0 spiro atoms. The number of aryl methyl sites for hydroxylation is 1. The molecule has 21 heavy (non-hydrogen) atoms. The van der Waals surface area contributed by atoms with Crippen LogP contribution in [-0.4, -0.2) is 47.0 Å². The van der Waals surface area contributed by atoms with Crippen LogP contribution in [0, 0.1) is 12.8 Å². The number of piperidine rings is 1. The second-order valence-corrected chi connectivity index (χ2v) is 6.31. The monoisotopic (exact) mass is 288 g/mol. The van der Waals surface area contributed by atoms with Crippen LogP contribution in [0.5, 0.6) is 0 Å². The second-order valence-electron chi connectivity index (χ2n) is 6.31. The fourth-order valence-electron chi connectivity index (χ4n) is 3.21. The molecule has 3 rings (SSSR count). The predicted octanol–water partition coefficient (Wildman–Crippen LogP) is 2.01. The lowest BCUT2D eigenvalue weighted by molar-refractivity contribution is -0.139. The summed E-state index contributed by atoms with van der Waals surface area (Å²) in [6.07, 6.45) is 7.09. The van der Waals surface area contributed by atoms with E-state index in [2.05, 4.69) is 26.8 Å². The predicted molar refractivity (Wildman–Crippen MR) is 82.1 cm³/mol. The molecule has 2 heterocycles. The number of rotatable bonds is 3. The van der Waals surface area contributed by atoms with Crippen LogP contribution in [0.2, 0.25) is 0 Å². The van der Waals surface area contributed by atoms with Gasteiger partial charge in [-0.05, 0) is 32.6 Å². The minimum Gasteiger partial charge on any atom is -0.356 e. The summed E-state index contributed by atoms with van der Waals surface area (Å²) in [5.41, 5.74) is 0.990. The standard InChI is InChI=1S/C16H24N4O/c1-12-10-15(18-11-17-12)19(2)14-6-8-20(9-7-14)16(21)13-4-3-5-13/h10-11,13-14H,3-9H2,1-2H3. The Bertz CT molecular complexity index is 507. The van der Waals surface area contributed by atoms with Gasteiger partial charge in [-0.25, -0.2) is 9.97 Å². The van der Waals surface area contributed by atoms with E-state index >= 15 is 0 Å². The highest BCUT2D eigenvalue weighted by Crippen LogP contribution is 2.30. The zero-order valence-corrected chi connectivity index (χ0v) is 13.0. The van der Waals surface area contributed by atoms with Crippen molar-refractivity contribution in [2.75, 3.05) is 25.0 Å². The highest BCUT2D eigenvalue weighted by Gasteiger charge is 2.32. The van der Waals surface area contributed by atoms with E-state index < -0.39 is 0 Å². The van der Waals surface area contributed by atoms with Crippen molar-refractivity contribution in [3.63, 3.8) is 0 Å². The highest BCUT2D eigenvalue weighted by atomic mass is 16.2. The third-order valence-corrected chi connectivity index (χ3v) is 4.93. The fraction of sp³-hybridized carbons (Fsp3) is 0.688. The van der Waals surface area contributed by atoms with Crippen molar-refractivity contribution in [1.29, 1.82) is 0 Å². The summed E-state index contributed by atoms with van der Waals surface area (Å²) in [6, 6.07) is 2.48. The van der Waals surface area contributed by atoms with E-state index in [0.29, 0.717) is 17.9 Å². The Kier molecular flexibility index (Phi) is 4.08. The number of likely N-dealkylation sites (tertiary alicyclic amines) is 1. The first-order valence-electron chi connectivity index (χ1n) is 7.95. The molecular weight excluding hydrogens is 264 g/mol. The Morgan fingerprint density at radius 3 is 2.52 bits per heavy atom. The third kappa shape index (κ3) is 3.01. The minimum absolute atomic E-state index is 0.323. The number of amides is 1.